The molecule has 7 heteroatoms. The Kier molecular flexibility index (Phi) is 4.73. The number of aryl methyl sites for hydroxylation is 1. The summed E-state index contributed by atoms with van der Waals surface area (Å²) in [6.45, 7) is 5.23. The van der Waals surface area contributed by atoms with Crippen LogP contribution in [0.3, 0.4) is 0 Å². The van der Waals surface area contributed by atoms with E-state index >= 15 is 0 Å². The van der Waals surface area contributed by atoms with Crippen LogP contribution in [0.25, 0.3) is 0 Å². The Morgan fingerprint density at radius 1 is 1.48 bits per heavy atom. The van der Waals surface area contributed by atoms with E-state index in [1.54, 1.807) is 4.57 Å². The van der Waals surface area contributed by atoms with Crippen molar-refractivity contribution >= 4 is 15.9 Å². The Morgan fingerprint density at radius 2 is 2.19 bits per heavy atom. The van der Waals surface area contributed by atoms with E-state index in [2.05, 4.69) is 12.2 Å². The highest BCUT2D eigenvalue weighted by Crippen LogP contribution is 2.29. The Bertz CT molecular complexity index is 621. The molecule has 1 heterocycles. The molecule has 2 atom stereocenters. The van der Waals surface area contributed by atoms with Crippen LogP contribution in [0.15, 0.2) is 17.2 Å². The molecule has 118 valence electrons. The maximum absolute atomic E-state index is 12.2. The fraction of sp³-hybridized carbons (Fsp3) is 0.643. The van der Waals surface area contributed by atoms with Gasteiger partial charge in [-0.05, 0) is 37.7 Å². The van der Waals surface area contributed by atoms with Gasteiger partial charge in [0.1, 0.15) is 10.6 Å². The zero-order chi connectivity index (χ0) is 15.6. The predicted molar refractivity (Wildman–Crippen MR) is 80.3 cm³/mol. The smallest absolute Gasteiger partial charge is 0.267 e. The van der Waals surface area contributed by atoms with Gasteiger partial charge >= 0.3 is 0 Å². The Balaban J connectivity index is 2.06. The predicted octanol–water partition coefficient (Wildman–Crippen LogP) is 1.32. The molecule has 1 aliphatic carbocycles. The maximum Gasteiger partial charge on any atom is 0.267 e. The van der Waals surface area contributed by atoms with E-state index in [1.165, 1.54) is 18.7 Å². The van der Waals surface area contributed by atoms with Gasteiger partial charge in [0.25, 0.3) is 5.91 Å². The molecule has 1 amide bonds. The third kappa shape index (κ3) is 3.85. The van der Waals surface area contributed by atoms with Gasteiger partial charge in [0.15, 0.2) is 0 Å². The second-order valence-electron chi connectivity index (χ2n) is 5.89. The molecule has 0 aliphatic heterocycles. The third-order valence-corrected chi connectivity index (χ3v) is 5.01. The molecule has 0 bridgehead atoms. The van der Waals surface area contributed by atoms with E-state index in [0.29, 0.717) is 24.7 Å². The molecule has 1 aromatic heterocycles. The Morgan fingerprint density at radius 3 is 2.71 bits per heavy atom. The number of carbonyl (C=O) groups is 1. The summed E-state index contributed by atoms with van der Waals surface area (Å²) in [6.07, 6.45) is 4.89. The first-order valence-corrected chi connectivity index (χ1v) is 8.87. The van der Waals surface area contributed by atoms with Crippen molar-refractivity contribution in [1.29, 1.82) is 0 Å². The number of sulfonamides is 1. The quantitative estimate of drug-likeness (QED) is 0.858. The number of carbonyl (C=O) groups excluding carboxylic acids is 1. The van der Waals surface area contributed by atoms with Crippen molar-refractivity contribution in [3.05, 3.63) is 18.0 Å². The van der Waals surface area contributed by atoms with Crippen molar-refractivity contribution in [2.24, 2.45) is 17.0 Å². The second kappa shape index (κ2) is 6.19. The number of rotatable bonds is 5. The summed E-state index contributed by atoms with van der Waals surface area (Å²) in [4.78, 5) is 12.2. The van der Waals surface area contributed by atoms with Gasteiger partial charge in [0.05, 0.1) is 0 Å². The van der Waals surface area contributed by atoms with Crippen LogP contribution in [0.1, 0.15) is 43.6 Å². The summed E-state index contributed by atoms with van der Waals surface area (Å²) in [5, 5.41) is 8.02. The molecule has 21 heavy (non-hydrogen) atoms. The first kappa shape index (κ1) is 16.0. The molecular formula is C14H23N3O3S. The molecule has 2 rings (SSSR count). The van der Waals surface area contributed by atoms with Crippen LogP contribution >= 0.6 is 0 Å². The van der Waals surface area contributed by atoms with E-state index in [9.17, 15) is 13.2 Å². The van der Waals surface area contributed by atoms with Crippen molar-refractivity contribution in [1.82, 2.24) is 9.88 Å². The number of nitrogens with one attached hydrogen (secondary N) is 1. The van der Waals surface area contributed by atoms with E-state index in [-0.39, 0.29) is 10.8 Å². The summed E-state index contributed by atoms with van der Waals surface area (Å²) >= 11 is 0. The molecule has 1 aromatic rings. The average Bonchev–Trinajstić information content (AvgIpc) is 3.01. The molecule has 6 nitrogen and oxygen atoms in total. The van der Waals surface area contributed by atoms with Gasteiger partial charge < -0.3 is 9.88 Å². The zero-order valence-corrected chi connectivity index (χ0v) is 13.3. The number of amides is 1. The van der Waals surface area contributed by atoms with E-state index in [0.717, 1.165) is 18.8 Å². The van der Waals surface area contributed by atoms with Gasteiger partial charge in [-0.25, -0.2) is 13.6 Å². The van der Waals surface area contributed by atoms with Gasteiger partial charge in [-0.1, -0.05) is 13.3 Å². The van der Waals surface area contributed by atoms with Crippen molar-refractivity contribution < 1.29 is 13.2 Å². The summed E-state index contributed by atoms with van der Waals surface area (Å²) in [5.41, 5.74) is 0.340. The Labute approximate surface area is 125 Å². The second-order valence-corrected chi connectivity index (χ2v) is 7.45. The lowest BCUT2D eigenvalue weighted by molar-refractivity contribution is 0.0938. The topological polar surface area (TPSA) is 94.2 Å². The minimum absolute atomic E-state index is 0.0241. The molecule has 0 spiro atoms. The maximum atomic E-state index is 12.2. The van der Waals surface area contributed by atoms with Crippen molar-refractivity contribution in [3.8, 4) is 0 Å². The lowest BCUT2D eigenvalue weighted by Gasteiger charge is -2.12. The largest absolute Gasteiger partial charge is 0.350 e. The van der Waals surface area contributed by atoms with Crippen LogP contribution in [0, 0.1) is 11.8 Å². The van der Waals surface area contributed by atoms with Crippen molar-refractivity contribution in [2.45, 2.75) is 44.6 Å². The van der Waals surface area contributed by atoms with Crippen LogP contribution in [0.2, 0.25) is 0 Å². The van der Waals surface area contributed by atoms with Gasteiger partial charge in [0, 0.05) is 19.3 Å². The molecule has 1 fully saturated rings. The number of hydrogen-bond donors (Lipinski definition) is 2. The fourth-order valence-electron chi connectivity index (χ4n) is 2.93. The summed E-state index contributed by atoms with van der Waals surface area (Å²) in [6, 6.07) is 1.34. The summed E-state index contributed by atoms with van der Waals surface area (Å²) < 4.78 is 24.3. The normalized spacial score (nSPS) is 22.4. The molecule has 0 saturated heterocycles. The van der Waals surface area contributed by atoms with Gasteiger partial charge in [-0.3, -0.25) is 4.79 Å². The SMILES string of the molecule is CCn1cc(S(N)(=O)=O)cc1C(=O)NCC1CCC(C)C1. The highest BCUT2D eigenvalue weighted by atomic mass is 32.2. The van der Waals surface area contributed by atoms with Crippen LogP contribution in [-0.4, -0.2) is 25.4 Å². The molecule has 1 aliphatic rings. The number of hydrogen-bond acceptors (Lipinski definition) is 3. The molecule has 0 aromatic carbocycles. The minimum Gasteiger partial charge on any atom is -0.350 e. The monoisotopic (exact) mass is 313 g/mol. The van der Waals surface area contributed by atoms with E-state index in [4.69, 9.17) is 5.14 Å². The van der Waals surface area contributed by atoms with Crippen LogP contribution < -0.4 is 10.5 Å². The Hall–Kier alpha value is -1.34. The van der Waals surface area contributed by atoms with Crippen LogP contribution in [0.5, 0.6) is 0 Å². The van der Waals surface area contributed by atoms with E-state index in [1.807, 2.05) is 6.92 Å². The standard InChI is InChI=1S/C14H23N3O3S/c1-3-17-9-12(21(15,19)20)7-13(17)14(18)16-8-11-5-4-10(2)6-11/h7,9-11H,3-6,8H2,1-2H3,(H,16,18)(H2,15,19,20). The van der Waals surface area contributed by atoms with Gasteiger partial charge in [-0.15, -0.1) is 0 Å². The molecular weight excluding hydrogens is 290 g/mol. The number of aromatic nitrogens is 1. The lowest BCUT2D eigenvalue weighted by atomic mass is 10.1. The lowest BCUT2D eigenvalue weighted by Crippen LogP contribution is -2.30. The molecule has 3 N–H and O–H groups in total. The third-order valence-electron chi connectivity index (χ3n) is 4.13. The van der Waals surface area contributed by atoms with Crippen LogP contribution in [-0.2, 0) is 16.6 Å². The molecule has 1 saturated carbocycles. The summed E-state index contributed by atoms with van der Waals surface area (Å²) in [5.74, 6) is 0.999. The van der Waals surface area contributed by atoms with Crippen molar-refractivity contribution in [3.63, 3.8) is 0 Å². The minimum atomic E-state index is -3.79. The fourth-order valence-corrected chi connectivity index (χ4v) is 3.48. The van der Waals surface area contributed by atoms with Gasteiger partial charge in [-0.2, -0.15) is 0 Å². The number of nitrogens with zero attached hydrogens (tertiary/aromatic N) is 1. The molecule has 2 unspecified atom stereocenters. The van der Waals surface area contributed by atoms with E-state index < -0.39 is 10.0 Å². The number of nitrogens with two attached hydrogens (primary N) is 1. The van der Waals surface area contributed by atoms with Crippen LogP contribution in [0.4, 0.5) is 0 Å². The van der Waals surface area contributed by atoms with Gasteiger partial charge in [0.2, 0.25) is 10.0 Å². The highest BCUT2D eigenvalue weighted by molar-refractivity contribution is 7.89. The first-order chi connectivity index (χ1) is 9.81. The first-order valence-electron chi connectivity index (χ1n) is 7.32. The highest BCUT2D eigenvalue weighted by Gasteiger charge is 2.23. The molecule has 0 radical (unpaired) electrons. The average molecular weight is 313 g/mol. The van der Waals surface area contributed by atoms with Crippen molar-refractivity contribution in [2.75, 3.05) is 6.54 Å². The number of primary sulfonamides is 1. The summed E-state index contributed by atoms with van der Waals surface area (Å²) in [7, 11) is -3.79. The zero-order valence-electron chi connectivity index (χ0n) is 12.5.